The number of ether oxygens (including phenoxy) is 13. The third kappa shape index (κ3) is 26.6. The van der Waals surface area contributed by atoms with Gasteiger partial charge in [-0.2, -0.15) is 0 Å². The van der Waals surface area contributed by atoms with Crippen LogP contribution in [-0.4, -0.2) is 193 Å². The summed E-state index contributed by atoms with van der Waals surface area (Å²) in [6.45, 7) is 18.6. The van der Waals surface area contributed by atoms with Crippen LogP contribution in [0.4, 0.5) is 0 Å². The normalized spacial score (nSPS) is 15.6. The fraction of sp³-hybridized carbons (Fsp3) is 0.949. The van der Waals surface area contributed by atoms with E-state index in [0.717, 1.165) is 25.1 Å². The van der Waals surface area contributed by atoms with Crippen molar-refractivity contribution < 1.29 is 61.6 Å². The first kappa shape index (κ1) is 48.9. The summed E-state index contributed by atoms with van der Waals surface area (Å²) in [5.41, 5.74) is 1.34. The largest absolute Gasteiger partial charge is 0.379 e. The summed E-state index contributed by atoms with van der Waals surface area (Å²) in [7, 11) is 0. The highest BCUT2D eigenvalue weighted by molar-refractivity contribution is 4.95. The summed E-state index contributed by atoms with van der Waals surface area (Å²) in [4.78, 5) is 0. The molecule has 1 saturated carbocycles. The van der Waals surface area contributed by atoms with E-state index in [1.165, 1.54) is 38.8 Å². The van der Waals surface area contributed by atoms with Crippen LogP contribution < -0.4 is 5.32 Å². The fourth-order valence-electron chi connectivity index (χ4n) is 5.87. The molecular weight excluding hydrogens is 732 g/mol. The molecule has 1 aliphatic carbocycles. The first-order chi connectivity index (χ1) is 27.8. The number of hydrogen-bond donors (Lipinski definition) is 1. The molecule has 56 heavy (non-hydrogen) atoms. The number of aromatic nitrogens is 3. The van der Waals surface area contributed by atoms with Crippen LogP contribution in [0.3, 0.4) is 0 Å². The predicted octanol–water partition coefficient (Wildman–Crippen LogP) is 2.33. The van der Waals surface area contributed by atoms with Gasteiger partial charge >= 0.3 is 0 Å². The van der Waals surface area contributed by atoms with Gasteiger partial charge in [0.25, 0.3) is 0 Å². The van der Waals surface area contributed by atoms with Crippen LogP contribution in [0, 0.1) is 5.41 Å². The Kier molecular flexibility index (Phi) is 31.0. The van der Waals surface area contributed by atoms with E-state index in [2.05, 4.69) is 22.6 Å². The summed E-state index contributed by atoms with van der Waals surface area (Å²) >= 11 is 0. The Balaban J connectivity index is 0.934. The molecule has 328 valence electrons. The predicted molar refractivity (Wildman–Crippen MR) is 207 cm³/mol. The average molecular weight is 807 g/mol. The lowest BCUT2D eigenvalue weighted by molar-refractivity contribution is -0.0476. The lowest BCUT2D eigenvalue weighted by Gasteiger charge is -2.47. The Morgan fingerprint density at radius 3 is 1.34 bits per heavy atom. The molecule has 1 aromatic rings. The molecule has 0 atom stereocenters. The van der Waals surface area contributed by atoms with Crippen LogP contribution in [0.25, 0.3) is 0 Å². The molecule has 0 unspecified atom stereocenters. The summed E-state index contributed by atoms with van der Waals surface area (Å²) in [5, 5.41) is 11.7. The lowest BCUT2D eigenvalue weighted by atomic mass is 9.69. The SMILES string of the molecule is CCCCOCCOCCOCCOCCOCCOCCOCCOCCn1cc(COCCOCCOCCOCCOC2CCC3(CC2)CNC3)nn1. The van der Waals surface area contributed by atoms with E-state index in [-0.39, 0.29) is 0 Å². The van der Waals surface area contributed by atoms with Crippen LogP contribution in [0.5, 0.6) is 0 Å². The molecule has 17 heteroatoms. The molecule has 2 aliphatic rings. The van der Waals surface area contributed by atoms with E-state index in [0.29, 0.717) is 177 Å². The van der Waals surface area contributed by atoms with Gasteiger partial charge in [-0.1, -0.05) is 18.6 Å². The molecule has 2 fully saturated rings. The monoisotopic (exact) mass is 807 g/mol. The van der Waals surface area contributed by atoms with Gasteiger partial charge in [-0.3, -0.25) is 0 Å². The molecule has 1 spiro atoms. The van der Waals surface area contributed by atoms with Crippen LogP contribution >= 0.6 is 0 Å². The van der Waals surface area contributed by atoms with Gasteiger partial charge in [-0.15, -0.1) is 5.10 Å². The molecule has 1 aromatic heterocycles. The van der Waals surface area contributed by atoms with Crippen molar-refractivity contribution in [1.82, 2.24) is 20.3 Å². The fourth-order valence-corrected chi connectivity index (χ4v) is 5.87. The van der Waals surface area contributed by atoms with E-state index in [1.807, 2.05) is 6.20 Å². The Morgan fingerprint density at radius 2 is 0.929 bits per heavy atom. The smallest absolute Gasteiger partial charge is 0.108 e. The highest BCUT2D eigenvalue weighted by atomic mass is 16.6. The highest BCUT2D eigenvalue weighted by Crippen LogP contribution is 2.40. The van der Waals surface area contributed by atoms with Crippen LogP contribution in [0.15, 0.2) is 6.20 Å². The van der Waals surface area contributed by atoms with Gasteiger partial charge in [0.2, 0.25) is 0 Å². The zero-order chi connectivity index (χ0) is 39.3. The van der Waals surface area contributed by atoms with Crippen molar-refractivity contribution in [1.29, 1.82) is 0 Å². The molecule has 1 N–H and O–H groups in total. The number of nitrogens with one attached hydrogen (secondary N) is 1. The van der Waals surface area contributed by atoms with Gasteiger partial charge in [-0.05, 0) is 37.5 Å². The summed E-state index contributed by atoms with van der Waals surface area (Å²) < 4.78 is 74.2. The molecule has 1 saturated heterocycles. The Hall–Kier alpha value is -1.42. The second-order valence-electron chi connectivity index (χ2n) is 13.8. The minimum Gasteiger partial charge on any atom is -0.379 e. The Morgan fingerprint density at radius 1 is 0.536 bits per heavy atom. The van der Waals surface area contributed by atoms with Gasteiger partial charge in [0.15, 0.2) is 0 Å². The van der Waals surface area contributed by atoms with Crippen molar-refractivity contribution in [2.24, 2.45) is 5.41 Å². The standard InChI is InChI=1S/C39H74N4O13/c1-2-3-9-44-11-13-46-15-17-48-19-21-50-23-24-51-22-20-49-18-16-47-14-12-45-10-8-43-33-37(41-42-43)34-55-30-29-53-26-25-52-27-28-54-31-32-56-38-4-6-39(7-5-38)35-40-36-39/h33,38,40H,2-32,34-36H2,1H3. The lowest BCUT2D eigenvalue weighted by Crippen LogP contribution is -2.55. The maximum absolute atomic E-state index is 5.98. The van der Waals surface area contributed by atoms with E-state index in [1.54, 1.807) is 4.68 Å². The van der Waals surface area contributed by atoms with Crippen LogP contribution in [0.2, 0.25) is 0 Å². The van der Waals surface area contributed by atoms with E-state index in [9.17, 15) is 0 Å². The molecule has 0 amide bonds. The number of nitrogens with zero attached hydrogens (tertiary/aromatic N) is 3. The molecule has 0 aromatic carbocycles. The van der Waals surface area contributed by atoms with Gasteiger partial charge in [0.05, 0.1) is 177 Å². The van der Waals surface area contributed by atoms with Gasteiger partial charge in [-0.25, -0.2) is 4.68 Å². The van der Waals surface area contributed by atoms with Gasteiger partial charge in [0, 0.05) is 19.7 Å². The van der Waals surface area contributed by atoms with Gasteiger partial charge in [0.1, 0.15) is 5.69 Å². The first-order valence-electron chi connectivity index (χ1n) is 20.9. The summed E-state index contributed by atoms with van der Waals surface area (Å²) in [5.74, 6) is 0. The van der Waals surface area contributed by atoms with Crippen LogP contribution in [-0.2, 0) is 74.7 Å². The van der Waals surface area contributed by atoms with Gasteiger partial charge < -0.3 is 66.9 Å². The first-order valence-corrected chi connectivity index (χ1v) is 20.9. The number of rotatable bonds is 42. The summed E-state index contributed by atoms with van der Waals surface area (Å²) in [6, 6.07) is 0. The quantitative estimate of drug-likeness (QED) is 0.0958. The second-order valence-corrected chi connectivity index (χ2v) is 13.8. The average Bonchev–Trinajstić information content (AvgIpc) is 3.66. The van der Waals surface area contributed by atoms with E-state index in [4.69, 9.17) is 61.6 Å². The molecule has 0 bridgehead atoms. The van der Waals surface area contributed by atoms with Crippen molar-refractivity contribution in [2.75, 3.05) is 172 Å². The third-order valence-corrected chi connectivity index (χ3v) is 9.24. The number of hydrogen-bond acceptors (Lipinski definition) is 16. The van der Waals surface area contributed by atoms with Crippen molar-refractivity contribution in [2.45, 2.75) is 64.7 Å². The topological polar surface area (TPSA) is 163 Å². The Bertz CT molecular complexity index is 985. The summed E-state index contributed by atoms with van der Waals surface area (Å²) in [6.07, 6.45) is 9.41. The molecule has 3 rings (SSSR count). The maximum atomic E-state index is 5.98. The zero-order valence-corrected chi connectivity index (χ0v) is 34.3. The Labute approximate surface area is 335 Å². The molecule has 17 nitrogen and oxygen atoms in total. The second kappa shape index (κ2) is 35.5. The van der Waals surface area contributed by atoms with Crippen molar-refractivity contribution in [3.8, 4) is 0 Å². The maximum Gasteiger partial charge on any atom is 0.108 e. The zero-order valence-electron chi connectivity index (χ0n) is 34.3. The molecular formula is C39H74N4O13. The van der Waals surface area contributed by atoms with Crippen molar-refractivity contribution in [3.63, 3.8) is 0 Å². The highest BCUT2D eigenvalue weighted by Gasteiger charge is 2.40. The minimum atomic E-state index is 0.376. The molecule has 1 aliphatic heterocycles. The number of unbranched alkanes of at least 4 members (excludes halogenated alkanes) is 1. The van der Waals surface area contributed by atoms with Crippen molar-refractivity contribution in [3.05, 3.63) is 11.9 Å². The molecule has 0 radical (unpaired) electrons. The van der Waals surface area contributed by atoms with Crippen molar-refractivity contribution >= 4 is 0 Å². The third-order valence-electron chi connectivity index (χ3n) is 9.24. The molecule has 2 heterocycles. The van der Waals surface area contributed by atoms with Crippen LogP contribution in [0.1, 0.15) is 51.1 Å². The minimum absolute atomic E-state index is 0.376. The van der Waals surface area contributed by atoms with E-state index >= 15 is 0 Å². The van der Waals surface area contributed by atoms with E-state index < -0.39 is 0 Å².